The van der Waals surface area contributed by atoms with Crippen LogP contribution in [0.5, 0.6) is 5.75 Å². The van der Waals surface area contributed by atoms with Gasteiger partial charge in [0.2, 0.25) is 0 Å². The maximum atomic E-state index is 13.4. The van der Waals surface area contributed by atoms with E-state index in [0.717, 1.165) is 12.8 Å². The van der Waals surface area contributed by atoms with Gasteiger partial charge in [-0.1, -0.05) is 0 Å². The van der Waals surface area contributed by atoms with Crippen LogP contribution in [0, 0.1) is 11.7 Å². The Hall–Kier alpha value is -1.78. The first-order valence-corrected chi connectivity index (χ1v) is 6.82. The van der Waals surface area contributed by atoms with Gasteiger partial charge in [-0.3, -0.25) is 0 Å². The van der Waals surface area contributed by atoms with Crippen molar-refractivity contribution < 1.29 is 18.7 Å². The number of methoxy groups -OCH3 is 1. The van der Waals surface area contributed by atoms with Gasteiger partial charge in [0.05, 0.1) is 18.9 Å². The van der Waals surface area contributed by atoms with E-state index in [1.807, 2.05) is 13.8 Å². The third kappa shape index (κ3) is 3.62. The summed E-state index contributed by atoms with van der Waals surface area (Å²) in [5.41, 5.74) is 0.487. The number of carbonyl (C=O) groups excluding carboxylic acids is 1. The van der Waals surface area contributed by atoms with Crippen LogP contribution in [-0.4, -0.2) is 25.2 Å². The van der Waals surface area contributed by atoms with Gasteiger partial charge in [-0.25, -0.2) is 9.18 Å². The summed E-state index contributed by atoms with van der Waals surface area (Å²) in [5.74, 6) is 0.0869. The van der Waals surface area contributed by atoms with Crippen LogP contribution in [0.3, 0.4) is 0 Å². The van der Waals surface area contributed by atoms with Crippen LogP contribution in [-0.2, 0) is 9.53 Å². The second-order valence-corrected chi connectivity index (χ2v) is 5.29. The predicted octanol–water partition coefficient (Wildman–Crippen LogP) is 2.98. The minimum atomic E-state index is -0.448. The fraction of sp³-hybridized carbons (Fsp3) is 0.533. The highest BCUT2D eigenvalue weighted by atomic mass is 19.1. The number of halogens is 1. The molecule has 5 heteroatoms. The van der Waals surface area contributed by atoms with Crippen molar-refractivity contribution in [2.45, 2.75) is 38.8 Å². The Labute approximate surface area is 118 Å². The predicted molar refractivity (Wildman–Crippen MR) is 74.3 cm³/mol. The number of hydrogen-bond acceptors (Lipinski definition) is 4. The average molecular weight is 281 g/mol. The summed E-state index contributed by atoms with van der Waals surface area (Å²) in [6, 6.07) is 3.80. The molecule has 2 rings (SSSR count). The van der Waals surface area contributed by atoms with Gasteiger partial charge < -0.3 is 14.8 Å². The molecule has 1 unspecified atom stereocenters. The molecular weight excluding hydrogens is 261 g/mol. The minimum Gasteiger partial charge on any atom is -0.489 e. The molecule has 0 heterocycles. The summed E-state index contributed by atoms with van der Waals surface area (Å²) in [4.78, 5) is 11.8. The summed E-state index contributed by atoms with van der Waals surface area (Å²) in [6.45, 7) is 3.79. The SMILES string of the molecule is COC(=O)C(Nc1cc(F)ccc1OC(C)C)C1CC1. The van der Waals surface area contributed by atoms with E-state index in [2.05, 4.69) is 5.32 Å². The number of rotatable bonds is 6. The van der Waals surface area contributed by atoms with E-state index in [4.69, 9.17) is 9.47 Å². The van der Waals surface area contributed by atoms with Crippen LogP contribution in [0.2, 0.25) is 0 Å². The van der Waals surface area contributed by atoms with E-state index in [9.17, 15) is 9.18 Å². The molecule has 1 aromatic carbocycles. The van der Waals surface area contributed by atoms with Crippen molar-refractivity contribution in [3.8, 4) is 5.75 Å². The normalized spacial score (nSPS) is 15.8. The van der Waals surface area contributed by atoms with Gasteiger partial charge in [-0.2, -0.15) is 0 Å². The molecule has 20 heavy (non-hydrogen) atoms. The van der Waals surface area contributed by atoms with Crippen molar-refractivity contribution in [3.05, 3.63) is 24.0 Å². The largest absolute Gasteiger partial charge is 0.489 e. The monoisotopic (exact) mass is 281 g/mol. The molecule has 0 saturated heterocycles. The fourth-order valence-corrected chi connectivity index (χ4v) is 2.06. The molecule has 0 aromatic heterocycles. The highest BCUT2D eigenvalue weighted by Crippen LogP contribution is 2.36. The van der Waals surface area contributed by atoms with Crippen molar-refractivity contribution in [2.75, 3.05) is 12.4 Å². The van der Waals surface area contributed by atoms with E-state index < -0.39 is 6.04 Å². The van der Waals surface area contributed by atoms with Crippen molar-refractivity contribution in [2.24, 2.45) is 5.92 Å². The second kappa shape index (κ2) is 6.11. The molecule has 0 bridgehead atoms. The molecule has 110 valence electrons. The van der Waals surface area contributed by atoms with Crippen LogP contribution in [0.15, 0.2) is 18.2 Å². The Morgan fingerprint density at radius 2 is 2.10 bits per heavy atom. The van der Waals surface area contributed by atoms with Crippen LogP contribution in [0.25, 0.3) is 0 Å². The van der Waals surface area contributed by atoms with Gasteiger partial charge in [0.25, 0.3) is 0 Å². The van der Waals surface area contributed by atoms with Crippen LogP contribution in [0.4, 0.5) is 10.1 Å². The molecule has 1 atom stereocenters. The van der Waals surface area contributed by atoms with Crippen molar-refractivity contribution >= 4 is 11.7 Å². The van der Waals surface area contributed by atoms with Crippen molar-refractivity contribution in [3.63, 3.8) is 0 Å². The first kappa shape index (κ1) is 14.6. The van der Waals surface area contributed by atoms with Gasteiger partial charge >= 0.3 is 5.97 Å². The molecule has 0 spiro atoms. The summed E-state index contributed by atoms with van der Waals surface area (Å²) in [6.07, 6.45) is 1.92. The molecular formula is C15H20FNO3. The van der Waals surface area contributed by atoms with Gasteiger partial charge in [-0.05, 0) is 44.7 Å². The number of benzene rings is 1. The quantitative estimate of drug-likeness (QED) is 0.814. The third-order valence-electron chi connectivity index (χ3n) is 3.16. The van der Waals surface area contributed by atoms with Gasteiger partial charge in [0.1, 0.15) is 17.6 Å². The third-order valence-corrected chi connectivity index (χ3v) is 3.16. The number of nitrogens with one attached hydrogen (secondary N) is 1. The standard InChI is InChI=1S/C15H20FNO3/c1-9(2)20-13-7-6-11(16)8-12(13)17-14(10-4-5-10)15(18)19-3/h6-10,14,17H,4-5H2,1-3H3. The molecule has 1 fully saturated rings. The lowest BCUT2D eigenvalue weighted by Crippen LogP contribution is -2.33. The summed E-state index contributed by atoms with van der Waals surface area (Å²) >= 11 is 0. The van der Waals surface area contributed by atoms with Gasteiger partial charge in [0.15, 0.2) is 0 Å². The van der Waals surface area contributed by atoms with Crippen LogP contribution < -0.4 is 10.1 Å². The number of anilines is 1. The maximum Gasteiger partial charge on any atom is 0.328 e. The first-order valence-electron chi connectivity index (χ1n) is 6.82. The smallest absolute Gasteiger partial charge is 0.328 e. The van der Waals surface area contributed by atoms with Crippen LogP contribution >= 0.6 is 0 Å². The summed E-state index contributed by atoms with van der Waals surface area (Å²) in [5, 5.41) is 3.07. The summed E-state index contributed by atoms with van der Waals surface area (Å²) in [7, 11) is 1.36. The van der Waals surface area contributed by atoms with Crippen molar-refractivity contribution in [1.29, 1.82) is 0 Å². The van der Waals surface area contributed by atoms with E-state index in [0.29, 0.717) is 11.4 Å². The molecule has 4 nitrogen and oxygen atoms in total. The van der Waals surface area contributed by atoms with Gasteiger partial charge in [0, 0.05) is 6.07 Å². The zero-order valence-corrected chi connectivity index (χ0v) is 12.0. The number of hydrogen-bond donors (Lipinski definition) is 1. The van der Waals surface area contributed by atoms with E-state index in [-0.39, 0.29) is 23.8 Å². The molecule has 0 radical (unpaired) electrons. The lowest BCUT2D eigenvalue weighted by molar-refractivity contribution is -0.142. The summed E-state index contributed by atoms with van der Waals surface area (Å²) < 4.78 is 23.9. The molecule has 1 saturated carbocycles. The molecule has 0 aliphatic heterocycles. The zero-order chi connectivity index (χ0) is 14.7. The Kier molecular flexibility index (Phi) is 4.47. The lowest BCUT2D eigenvalue weighted by atomic mass is 10.1. The number of carbonyl (C=O) groups is 1. The van der Waals surface area contributed by atoms with E-state index >= 15 is 0 Å². The lowest BCUT2D eigenvalue weighted by Gasteiger charge is -2.20. The van der Waals surface area contributed by atoms with Crippen LogP contribution in [0.1, 0.15) is 26.7 Å². The highest BCUT2D eigenvalue weighted by Gasteiger charge is 2.37. The molecule has 1 aliphatic carbocycles. The number of esters is 1. The number of ether oxygens (including phenoxy) is 2. The Morgan fingerprint density at radius 3 is 2.65 bits per heavy atom. The Morgan fingerprint density at radius 1 is 1.40 bits per heavy atom. The second-order valence-electron chi connectivity index (χ2n) is 5.29. The maximum absolute atomic E-state index is 13.4. The van der Waals surface area contributed by atoms with Crippen molar-refractivity contribution in [1.82, 2.24) is 0 Å². The molecule has 1 N–H and O–H groups in total. The Bertz CT molecular complexity index is 486. The zero-order valence-electron chi connectivity index (χ0n) is 12.0. The van der Waals surface area contributed by atoms with Gasteiger partial charge in [-0.15, -0.1) is 0 Å². The molecule has 1 aromatic rings. The average Bonchev–Trinajstić information content (AvgIpc) is 3.21. The topological polar surface area (TPSA) is 47.6 Å². The van der Waals surface area contributed by atoms with E-state index in [1.165, 1.54) is 19.2 Å². The first-order chi connectivity index (χ1) is 9.51. The van der Waals surface area contributed by atoms with E-state index in [1.54, 1.807) is 6.07 Å². The molecule has 0 amide bonds. The highest BCUT2D eigenvalue weighted by molar-refractivity contribution is 5.81. The Balaban J connectivity index is 2.21. The minimum absolute atomic E-state index is 0.0292. The fourth-order valence-electron chi connectivity index (χ4n) is 2.06. The molecule has 1 aliphatic rings.